The highest BCUT2D eigenvalue weighted by Gasteiger charge is 2.26. The van der Waals surface area contributed by atoms with E-state index in [1.165, 1.54) is 12.1 Å². The summed E-state index contributed by atoms with van der Waals surface area (Å²) in [4.78, 5) is 2.31. The lowest BCUT2D eigenvalue weighted by atomic mass is 10.0. The number of methoxy groups -OCH3 is 1. The van der Waals surface area contributed by atoms with E-state index < -0.39 is 11.6 Å². The van der Waals surface area contributed by atoms with Gasteiger partial charge in [-0.15, -0.1) is 0 Å². The van der Waals surface area contributed by atoms with E-state index in [2.05, 4.69) is 4.90 Å². The van der Waals surface area contributed by atoms with Crippen LogP contribution < -0.4 is 0 Å². The zero-order chi connectivity index (χ0) is 12.3. The second-order valence-electron chi connectivity index (χ2n) is 4.43. The van der Waals surface area contributed by atoms with Crippen LogP contribution >= 0.6 is 0 Å². The molecule has 0 saturated carbocycles. The van der Waals surface area contributed by atoms with Crippen LogP contribution in [0.15, 0.2) is 18.2 Å². The van der Waals surface area contributed by atoms with E-state index in [-0.39, 0.29) is 0 Å². The molecule has 0 amide bonds. The Labute approximate surface area is 100 Å². The molecular weight excluding hydrogens is 224 g/mol. The summed E-state index contributed by atoms with van der Waals surface area (Å²) < 4.78 is 30.8. The molecule has 0 spiro atoms. The topological polar surface area (TPSA) is 12.5 Å². The summed E-state index contributed by atoms with van der Waals surface area (Å²) in [5.74, 6) is -1.55. The molecule has 17 heavy (non-hydrogen) atoms. The van der Waals surface area contributed by atoms with Crippen LogP contribution in [0.5, 0.6) is 0 Å². The Morgan fingerprint density at radius 3 is 2.76 bits per heavy atom. The van der Waals surface area contributed by atoms with Gasteiger partial charge in [-0.3, -0.25) is 4.90 Å². The molecule has 2 rings (SSSR count). The van der Waals surface area contributed by atoms with Crippen LogP contribution in [0.3, 0.4) is 0 Å². The molecule has 1 aliphatic rings. The smallest absolute Gasteiger partial charge is 0.159 e. The van der Waals surface area contributed by atoms with E-state index in [1.807, 2.05) is 0 Å². The Kier molecular flexibility index (Phi) is 4.07. The summed E-state index contributed by atoms with van der Waals surface area (Å²) in [6, 6.07) is 4.60. The van der Waals surface area contributed by atoms with Crippen LogP contribution in [0.4, 0.5) is 8.78 Å². The maximum atomic E-state index is 13.0. The molecule has 1 unspecified atom stereocenters. The average molecular weight is 241 g/mol. The standard InChI is InChI=1S/C13H17F2NO/c1-17-9-11-5-7-16(11)6-4-10-2-3-12(14)13(15)8-10/h2-3,8,11H,4-7,9H2,1H3. The van der Waals surface area contributed by atoms with Crippen molar-refractivity contribution in [3.63, 3.8) is 0 Å². The zero-order valence-electron chi connectivity index (χ0n) is 9.96. The highest BCUT2D eigenvalue weighted by molar-refractivity contribution is 5.18. The minimum atomic E-state index is -0.782. The number of rotatable bonds is 5. The van der Waals surface area contributed by atoms with Crippen LogP contribution in [0, 0.1) is 11.6 Å². The van der Waals surface area contributed by atoms with Gasteiger partial charge in [0.05, 0.1) is 6.61 Å². The third-order valence-electron chi connectivity index (χ3n) is 3.30. The van der Waals surface area contributed by atoms with Crippen LogP contribution in [0.1, 0.15) is 12.0 Å². The lowest BCUT2D eigenvalue weighted by Gasteiger charge is -2.40. The van der Waals surface area contributed by atoms with Crippen molar-refractivity contribution in [2.24, 2.45) is 0 Å². The number of halogens is 2. The lowest BCUT2D eigenvalue weighted by molar-refractivity contribution is 0.0246. The summed E-state index contributed by atoms with van der Waals surface area (Å²) in [7, 11) is 1.70. The Morgan fingerprint density at radius 2 is 2.18 bits per heavy atom. The van der Waals surface area contributed by atoms with Gasteiger partial charge in [0, 0.05) is 26.2 Å². The van der Waals surface area contributed by atoms with Gasteiger partial charge in [-0.05, 0) is 30.5 Å². The van der Waals surface area contributed by atoms with Gasteiger partial charge in [0.15, 0.2) is 11.6 Å². The molecule has 1 aromatic carbocycles. The lowest BCUT2D eigenvalue weighted by Crippen LogP contribution is -2.50. The van der Waals surface area contributed by atoms with Crippen LogP contribution in [0.25, 0.3) is 0 Å². The monoisotopic (exact) mass is 241 g/mol. The third kappa shape index (κ3) is 3.01. The summed E-state index contributed by atoms with van der Waals surface area (Å²) in [5.41, 5.74) is 0.840. The normalized spacial score (nSPS) is 20.3. The molecule has 0 bridgehead atoms. The molecule has 94 valence electrons. The van der Waals surface area contributed by atoms with Gasteiger partial charge < -0.3 is 4.74 Å². The minimum Gasteiger partial charge on any atom is -0.383 e. The predicted octanol–water partition coefficient (Wildman–Crippen LogP) is 2.23. The third-order valence-corrected chi connectivity index (χ3v) is 3.30. The Morgan fingerprint density at radius 1 is 1.35 bits per heavy atom. The van der Waals surface area contributed by atoms with Crippen molar-refractivity contribution < 1.29 is 13.5 Å². The fourth-order valence-corrected chi connectivity index (χ4v) is 2.14. The Balaban J connectivity index is 1.83. The van der Waals surface area contributed by atoms with Gasteiger partial charge in [0.25, 0.3) is 0 Å². The molecule has 1 saturated heterocycles. The first-order chi connectivity index (χ1) is 8.20. The number of benzene rings is 1. The largest absolute Gasteiger partial charge is 0.383 e. The molecule has 0 radical (unpaired) electrons. The van der Waals surface area contributed by atoms with E-state index in [0.29, 0.717) is 6.04 Å². The zero-order valence-corrected chi connectivity index (χ0v) is 9.96. The van der Waals surface area contributed by atoms with Crippen molar-refractivity contribution in [2.45, 2.75) is 18.9 Å². The molecule has 1 heterocycles. The molecule has 1 aliphatic heterocycles. The van der Waals surface area contributed by atoms with E-state index >= 15 is 0 Å². The highest BCUT2D eigenvalue weighted by atomic mass is 19.2. The van der Waals surface area contributed by atoms with E-state index in [9.17, 15) is 8.78 Å². The van der Waals surface area contributed by atoms with Crippen LogP contribution in [-0.4, -0.2) is 37.7 Å². The van der Waals surface area contributed by atoms with Crippen LogP contribution in [-0.2, 0) is 11.2 Å². The molecule has 0 aliphatic carbocycles. The summed E-state index contributed by atoms with van der Waals surface area (Å²) >= 11 is 0. The Bertz CT molecular complexity index is 384. The van der Waals surface area contributed by atoms with Crippen LogP contribution in [0.2, 0.25) is 0 Å². The average Bonchev–Trinajstić information content (AvgIpc) is 2.29. The highest BCUT2D eigenvalue weighted by Crippen LogP contribution is 2.18. The number of ether oxygens (including phenoxy) is 1. The van der Waals surface area contributed by atoms with Gasteiger partial charge >= 0.3 is 0 Å². The van der Waals surface area contributed by atoms with Gasteiger partial charge in [-0.25, -0.2) is 8.78 Å². The molecule has 1 atom stereocenters. The van der Waals surface area contributed by atoms with Crippen molar-refractivity contribution in [3.05, 3.63) is 35.4 Å². The van der Waals surface area contributed by atoms with E-state index in [4.69, 9.17) is 4.74 Å². The number of nitrogens with zero attached hydrogens (tertiary/aromatic N) is 1. The van der Waals surface area contributed by atoms with Gasteiger partial charge in [0.2, 0.25) is 0 Å². The first kappa shape index (κ1) is 12.5. The first-order valence-electron chi connectivity index (χ1n) is 5.87. The van der Waals surface area contributed by atoms with Gasteiger partial charge in [-0.2, -0.15) is 0 Å². The summed E-state index contributed by atoms with van der Waals surface area (Å²) in [5, 5.41) is 0. The first-order valence-corrected chi connectivity index (χ1v) is 5.87. The second kappa shape index (κ2) is 5.56. The molecular formula is C13H17F2NO. The number of likely N-dealkylation sites (tertiary alicyclic amines) is 1. The minimum absolute atomic E-state index is 0.491. The molecule has 4 heteroatoms. The fourth-order valence-electron chi connectivity index (χ4n) is 2.14. The Hall–Kier alpha value is -1.00. The van der Waals surface area contributed by atoms with Crippen molar-refractivity contribution in [1.82, 2.24) is 4.90 Å². The second-order valence-corrected chi connectivity index (χ2v) is 4.43. The van der Waals surface area contributed by atoms with E-state index in [0.717, 1.165) is 38.1 Å². The molecule has 1 aromatic rings. The quantitative estimate of drug-likeness (QED) is 0.783. The summed E-state index contributed by atoms with van der Waals surface area (Å²) in [6.45, 7) is 2.69. The summed E-state index contributed by atoms with van der Waals surface area (Å²) in [6.07, 6.45) is 1.91. The van der Waals surface area contributed by atoms with Gasteiger partial charge in [0.1, 0.15) is 0 Å². The van der Waals surface area contributed by atoms with Gasteiger partial charge in [-0.1, -0.05) is 6.07 Å². The SMILES string of the molecule is COCC1CCN1CCc1ccc(F)c(F)c1. The molecule has 2 nitrogen and oxygen atoms in total. The fraction of sp³-hybridized carbons (Fsp3) is 0.538. The van der Waals surface area contributed by atoms with Crippen molar-refractivity contribution in [1.29, 1.82) is 0 Å². The van der Waals surface area contributed by atoms with E-state index in [1.54, 1.807) is 13.2 Å². The maximum Gasteiger partial charge on any atom is 0.159 e. The van der Waals surface area contributed by atoms with Crippen molar-refractivity contribution in [3.8, 4) is 0 Å². The van der Waals surface area contributed by atoms with Crippen molar-refractivity contribution in [2.75, 3.05) is 26.8 Å². The number of hydrogen-bond donors (Lipinski definition) is 0. The molecule has 1 fully saturated rings. The number of hydrogen-bond acceptors (Lipinski definition) is 2. The van der Waals surface area contributed by atoms with Crippen molar-refractivity contribution >= 4 is 0 Å². The molecule has 0 aromatic heterocycles. The maximum absolute atomic E-state index is 13.0. The molecule has 0 N–H and O–H groups in total. The predicted molar refractivity (Wildman–Crippen MR) is 61.9 cm³/mol.